The molecule has 1 aromatic carbocycles. The Morgan fingerprint density at radius 3 is 2.64 bits per heavy atom. The molecule has 0 aliphatic carbocycles. The van der Waals surface area contributed by atoms with Crippen molar-refractivity contribution in [3.05, 3.63) is 94.4 Å². The van der Waals surface area contributed by atoms with Crippen LogP contribution in [-0.2, 0) is 20.2 Å². The first-order valence-electron chi connectivity index (χ1n) is 12.1. The number of aryl methyl sites for hydroxylation is 2. The minimum atomic E-state index is -0.373. The Bertz CT molecular complexity index is 1350. The molecule has 3 aromatic heterocycles. The van der Waals surface area contributed by atoms with Gasteiger partial charge in [-0.25, -0.2) is 9.37 Å². The van der Waals surface area contributed by atoms with Gasteiger partial charge in [-0.1, -0.05) is 23.7 Å². The summed E-state index contributed by atoms with van der Waals surface area (Å²) in [6, 6.07) is 12.6. The zero-order valence-electron chi connectivity index (χ0n) is 20.5. The van der Waals surface area contributed by atoms with E-state index in [0.717, 1.165) is 55.0 Å². The molecule has 6 nitrogen and oxygen atoms in total. The molecule has 0 radical (unpaired) electrons. The fourth-order valence-corrected chi connectivity index (χ4v) is 4.78. The number of benzene rings is 1. The van der Waals surface area contributed by atoms with E-state index in [0.29, 0.717) is 22.4 Å². The van der Waals surface area contributed by atoms with Gasteiger partial charge < -0.3 is 4.74 Å². The second-order valence-electron chi connectivity index (χ2n) is 9.37. The topological polar surface area (TPSA) is 56.1 Å². The van der Waals surface area contributed by atoms with Gasteiger partial charge in [0.15, 0.2) is 0 Å². The Balaban J connectivity index is 1.16. The number of hydrogen-bond acceptors (Lipinski definition) is 5. The van der Waals surface area contributed by atoms with Crippen LogP contribution in [0.25, 0.3) is 11.1 Å². The molecule has 8 heteroatoms. The minimum absolute atomic E-state index is 0.115. The van der Waals surface area contributed by atoms with Gasteiger partial charge in [0.05, 0.1) is 11.9 Å². The summed E-state index contributed by atoms with van der Waals surface area (Å²) in [6.07, 6.45) is 7.86. The van der Waals surface area contributed by atoms with Crippen molar-refractivity contribution in [2.45, 2.75) is 38.8 Å². The molecule has 0 spiro atoms. The van der Waals surface area contributed by atoms with Crippen LogP contribution in [0.4, 0.5) is 4.39 Å². The summed E-state index contributed by atoms with van der Waals surface area (Å²) in [5, 5.41) is 4.63. The molecule has 1 saturated heterocycles. The van der Waals surface area contributed by atoms with Gasteiger partial charge in [0.25, 0.3) is 0 Å². The number of pyridine rings is 2. The van der Waals surface area contributed by atoms with E-state index in [2.05, 4.69) is 29.1 Å². The Labute approximate surface area is 215 Å². The molecule has 0 N–H and O–H groups in total. The van der Waals surface area contributed by atoms with Crippen molar-refractivity contribution in [1.29, 1.82) is 0 Å². The second kappa shape index (κ2) is 10.8. The monoisotopic (exact) mass is 505 g/mol. The summed E-state index contributed by atoms with van der Waals surface area (Å²) in [7, 11) is 1.92. The molecule has 36 heavy (non-hydrogen) atoms. The van der Waals surface area contributed by atoms with Crippen LogP contribution < -0.4 is 4.74 Å². The Morgan fingerprint density at radius 2 is 1.92 bits per heavy atom. The molecule has 1 aliphatic heterocycles. The number of rotatable bonds is 7. The highest BCUT2D eigenvalue weighted by atomic mass is 35.5. The molecule has 1 fully saturated rings. The summed E-state index contributed by atoms with van der Waals surface area (Å²) in [5.74, 6) is 0.513. The van der Waals surface area contributed by atoms with Gasteiger partial charge in [-0.2, -0.15) is 5.10 Å². The van der Waals surface area contributed by atoms with Crippen LogP contribution in [0.3, 0.4) is 0 Å². The lowest BCUT2D eigenvalue weighted by atomic mass is 9.93. The van der Waals surface area contributed by atoms with Crippen molar-refractivity contribution in [1.82, 2.24) is 24.6 Å². The fourth-order valence-electron chi connectivity index (χ4n) is 4.62. The Hall–Kier alpha value is -3.29. The smallest absolute Gasteiger partial charge is 0.213 e. The predicted octanol–water partition coefficient (Wildman–Crippen LogP) is 5.94. The minimum Gasteiger partial charge on any atom is -0.473 e. The number of halogens is 2. The van der Waals surface area contributed by atoms with E-state index >= 15 is 0 Å². The molecule has 4 aromatic rings. The van der Waals surface area contributed by atoms with Crippen molar-refractivity contribution in [3.8, 4) is 17.0 Å². The first kappa shape index (κ1) is 24.4. The molecule has 0 saturated carbocycles. The maximum absolute atomic E-state index is 14.0. The van der Waals surface area contributed by atoms with E-state index in [1.165, 1.54) is 11.6 Å². The highest BCUT2D eigenvalue weighted by molar-refractivity contribution is 6.30. The predicted molar refractivity (Wildman–Crippen MR) is 138 cm³/mol. The molecular weight excluding hydrogens is 477 g/mol. The number of likely N-dealkylation sites (tertiary alicyclic amines) is 1. The van der Waals surface area contributed by atoms with Crippen molar-refractivity contribution in [3.63, 3.8) is 0 Å². The molecule has 186 valence electrons. The van der Waals surface area contributed by atoms with Crippen LogP contribution in [0.2, 0.25) is 5.02 Å². The molecule has 0 atom stereocenters. The summed E-state index contributed by atoms with van der Waals surface area (Å²) in [5.41, 5.74) is 5.97. The standard InChI is InChI=1S/C28H29ClFN5O/c1-19-12-22(23-15-32-34(2)16-23)14-31-27(19)17-35-10-8-20(9-11-35)26-4-3-5-28(33-26)36-18-21-6-7-24(29)13-25(21)30/h3-7,12-16,20H,8-11,17-18H2,1-2H3. The number of ether oxygens (including phenoxy) is 1. The van der Waals surface area contributed by atoms with Crippen molar-refractivity contribution >= 4 is 11.6 Å². The van der Waals surface area contributed by atoms with E-state index < -0.39 is 0 Å². The zero-order valence-corrected chi connectivity index (χ0v) is 21.2. The third kappa shape index (κ3) is 5.74. The van der Waals surface area contributed by atoms with E-state index in [4.69, 9.17) is 26.3 Å². The van der Waals surface area contributed by atoms with E-state index in [-0.39, 0.29) is 12.4 Å². The first-order chi connectivity index (χ1) is 17.4. The summed E-state index contributed by atoms with van der Waals surface area (Å²) in [4.78, 5) is 11.9. The first-order valence-corrected chi connectivity index (χ1v) is 12.5. The largest absolute Gasteiger partial charge is 0.473 e. The lowest BCUT2D eigenvalue weighted by Gasteiger charge is -2.31. The van der Waals surface area contributed by atoms with Crippen molar-refractivity contribution in [2.75, 3.05) is 13.1 Å². The lowest BCUT2D eigenvalue weighted by molar-refractivity contribution is 0.200. The van der Waals surface area contributed by atoms with Crippen LogP contribution in [0.1, 0.15) is 41.3 Å². The zero-order chi connectivity index (χ0) is 25.1. The number of aromatic nitrogens is 4. The van der Waals surface area contributed by atoms with Gasteiger partial charge in [0.1, 0.15) is 12.4 Å². The fraction of sp³-hybridized carbons (Fsp3) is 0.321. The highest BCUT2D eigenvalue weighted by Crippen LogP contribution is 2.29. The van der Waals surface area contributed by atoms with Crippen LogP contribution in [0.5, 0.6) is 5.88 Å². The van der Waals surface area contributed by atoms with Gasteiger partial charge in [0.2, 0.25) is 5.88 Å². The molecular formula is C28H29ClFN5O. The molecule has 0 unspecified atom stereocenters. The maximum Gasteiger partial charge on any atom is 0.213 e. The number of piperidine rings is 1. The van der Waals surface area contributed by atoms with Gasteiger partial charge in [-0.3, -0.25) is 14.6 Å². The number of nitrogens with zero attached hydrogens (tertiary/aromatic N) is 5. The normalized spacial score (nSPS) is 14.8. The van der Waals surface area contributed by atoms with Crippen molar-refractivity contribution in [2.24, 2.45) is 7.05 Å². The van der Waals surface area contributed by atoms with Gasteiger partial charge in [-0.05, 0) is 62.7 Å². The lowest BCUT2D eigenvalue weighted by Crippen LogP contribution is -2.33. The van der Waals surface area contributed by atoms with Gasteiger partial charge in [0, 0.05) is 65.4 Å². The Kier molecular flexibility index (Phi) is 7.30. The summed E-state index contributed by atoms with van der Waals surface area (Å²) in [6.45, 7) is 5.05. The molecule has 4 heterocycles. The summed E-state index contributed by atoms with van der Waals surface area (Å²) < 4.78 is 21.6. The average molecular weight is 506 g/mol. The van der Waals surface area contributed by atoms with Crippen LogP contribution >= 0.6 is 11.6 Å². The van der Waals surface area contributed by atoms with Crippen LogP contribution in [-0.4, -0.2) is 37.7 Å². The van der Waals surface area contributed by atoms with E-state index in [1.807, 2.05) is 37.8 Å². The second-order valence-corrected chi connectivity index (χ2v) is 9.80. The average Bonchev–Trinajstić information content (AvgIpc) is 3.31. The molecule has 0 amide bonds. The molecule has 0 bridgehead atoms. The third-order valence-corrected chi connectivity index (χ3v) is 6.97. The third-order valence-electron chi connectivity index (χ3n) is 6.74. The van der Waals surface area contributed by atoms with E-state index in [9.17, 15) is 4.39 Å². The van der Waals surface area contributed by atoms with Crippen LogP contribution in [0, 0.1) is 12.7 Å². The highest BCUT2D eigenvalue weighted by Gasteiger charge is 2.23. The number of hydrogen-bond donors (Lipinski definition) is 0. The van der Waals surface area contributed by atoms with Crippen LogP contribution in [0.15, 0.2) is 61.1 Å². The Morgan fingerprint density at radius 1 is 1.08 bits per heavy atom. The van der Waals surface area contributed by atoms with Gasteiger partial charge >= 0.3 is 0 Å². The quantitative estimate of drug-likeness (QED) is 0.311. The molecule has 5 rings (SSSR count). The van der Waals surface area contributed by atoms with Gasteiger partial charge in [-0.15, -0.1) is 0 Å². The van der Waals surface area contributed by atoms with Crippen molar-refractivity contribution < 1.29 is 9.13 Å². The van der Waals surface area contributed by atoms with E-state index in [1.54, 1.807) is 16.8 Å². The molecule has 1 aliphatic rings. The summed E-state index contributed by atoms with van der Waals surface area (Å²) >= 11 is 5.83. The SMILES string of the molecule is Cc1cc(-c2cnn(C)c2)cnc1CN1CCC(c2cccc(OCc3ccc(Cl)cc3F)n2)CC1. The maximum atomic E-state index is 14.0.